The van der Waals surface area contributed by atoms with Crippen LogP contribution in [-0.2, 0) is 0 Å². The number of benzene rings is 1. The van der Waals surface area contributed by atoms with E-state index in [1.807, 2.05) is 13.8 Å². The molecule has 0 spiro atoms. The van der Waals surface area contributed by atoms with Gasteiger partial charge in [0.15, 0.2) is 0 Å². The number of amides is 1. The highest BCUT2D eigenvalue weighted by Gasteiger charge is 2.38. The quantitative estimate of drug-likeness (QED) is 0.782. The number of hydrogen-bond donors (Lipinski definition) is 0. The molecular formula is C13H14N2O2. The van der Waals surface area contributed by atoms with Gasteiger partial charge < -0.3 is 9.64 Å². The molecule has 4 nitrogen and oxygen atoms in total. The van der Waals surface area contributed by atoms with Crippen LogP contribution < -0.4 is 4.74 Å². The van der Waals surface area contributed by atoms with E-state index in [-0.39, 0.29) is 11.9 Å². The number of nitriles is 1. The zero-order valence-electron chi connectivity index (χ0n) is 10.1. The Balaban J connectivity index is 2.54. The summed E-state index contributed by atoms with van der Waals surface area (Å²) in [5, 5.41) is 9.23. The van der Waals surface area contributed by atoms with Gasteiger partial charge >= 0.3 is 0 Å². The van der Waals surface area contributed by atoms with Gasteiger partial charge in [0.25, 0.3) is 5.91 Å². The van der Waals surface area contributed by atoms with E-state index in [1.54, 1.807) is 30.2 Å². The molecule has 1 aromatic rings. The molecule has 0 fully saturated rings. The van der Waals surface area contributed by atoms with Gasteiger partial charge in [-0.05, 0) is 32.0 Å². The summed E-state index contributed by atoms with van der Waals surface area (Å²) >= 11 is 0. The van der Waals surface area contributed by atoms with Crippen LogP contribution in [-0.4, -0.2) is 24.0 Å². The minimum atomic E-state index is -0.507. The molecule has 1 aromatic carbocycles. The van der Waals surface area contributed by atoms with E-state index in [9.17, 15) is 10.1 Å². The number of ether oxygens (including phenoxy) is 1. The van der Waals surface area contributed by atoms with Crippen molar-refractivity contribution in [1.82, 2.24) is 4.90 Å². The maximum Gasteiger partial charge on any atom is 0.255 e. The zero-order chi connectivity index (χ0) is 12.6. The summed E-state index contributed by atoms with van der Waals surface area (Å²) in [6, 6.07) is 6.92. The molecule has 0 saturated carbocycles. The number of carbonyl (C=O) groups is 1. The SMILES string of the molecule is COc1ccc2c(c1)C(C#N)N(C(C)C)C2=O. The minimum absolute atomic E-state index is 0.00513. The molecule has 0 aliphatic carbocycles. The summed E-state index contributed by atoms with van der Waals surface area (Å²) in [6.07, 6.45) is 0. The van der Waals surface area contributed by atoms with E-state index in [4.69, 9.17) is 4.74 Å². The minimum Gasteiger partial charge on any atom is -0.497 e. The Morgan fingerprint density at radius 1 is 1.47 bits per heavy atom. The normalized spacial score (nSPS) is 18.2. The van der Waals surface area contributed by atoms with Crippen LogP contribution in [0, 0.1) is 11.3 Å². The van der Waals surface area contributed by atoms with Crippen LogP contribution in [0.5, 0.6) is 5.75 Å². The molecule has 1 amide bonds. The molecule has 0 saturated heterocycles. The largest absolute Gasteiger partial charge is 0.497 e. The molecule has 17 heavy (non-hydrogen) atoms. The van der Waals surface area contributed by atoms with Crippen LogP contribution >= 0.6 is 0 Å². The Hall–Kier alpha value is -2.02. The Labute approximate surface area is 100 Å². The smallest absolute Gasteiger partial charge is 0.255 e. The van der Waals surface area contributed by atoms with E-state index in [0.717, 1.165) is 5.56 Å². The molecule has 1 aliphatic heterocycles. The monoisotopic (exact) mass is 230 g/mol. The first kappa shape index (κ1) is 11.5. The lowest BCUT2D eigenvalue weighted by atomic mass is 10.1. The van der Waals surface area contributed by atoms with E-state index >= 15 is 0 Å². The molecule has 4 heteroatoms. The molecule has 1 heterocycles. The highest BCUT2D eigenvalue weighted by Crippen LogP contribution is 2.36. The Bertz CT molecular complexity index is 503. The summed E-state index contributed by atoms with van der Waals surface area (Å²) in [4.78, 5) is 13.7. The molecule has 0 N–H and O–H groups in total. The van der Waals surface area contributed by atoms with E-state index in [0.29, 0.717) is 11.3 Å². The Morgan fingerprint density at radius 2 is 2.18 bits per heavy atom. The van der Waals surface area contributed by atoms with Gasteiger partial charge in [-0.15, -0.1) is 0 Å². The van der Waals surface area contributed by atoms with Gasteiger partial charge in [0.2, 0.25) is 0 Å². The van der Waals surface area contributed by atoms with Crippen molar-refractivity contribution < 1.29 is 9.53 Å². The Kier molecular flexibility index (Phi) is 2.76. The van der Waals surface area contributed by atoms with Crippen LogP contribution in [0.1, 0.15) is 35.8 Å². The lowest BCUT2D eigenvalue weighted by Crippen LogP contribution is -2.33. The van der Waals surface area contributed by atoms with Gasteiger partial charge in [0.05, 0.1) is 13.2 Å². The van der Waals surface area contributed by atoms with E-state index in [1.165, 1.54) is 0 Å². The summed E-state index contributed by atoms with van der Waals surface area (Å²) in [6.45, 7) is 3.82. The fourth-order valence-electron chi connectivity index (χ4n) is 2.16. The molecular weight excluding hydrogens is 216 g/mol. The van der Waals surface area contributed by atoms with Crippen molar-refractivity contribution in [2.75, 3.05) is 7.11 Å². The first-order valence-corrected chi connectivity index (χ1v) is 5.50. The van der Waals surface area contributed by atoms with Crippen LogP contribution in [0.2, 0.25) is 0 Å². The van der Waals surface area contributed by atoms with Crippen LogP contribution in [0.15, 0.2) is 18.2 Å². The first-order chi connectivity index (χ1) is 8.10. The van der Waals surface area contributed by atoms with Crippen molar-refractivity contribution in [2.24, 2.45) is 0 Å². The lowest BCUT2D eigenvalue weighted by Gasteiger charge is -2.24. The summed E-state index contributed by atoms with van der Waals surface area (Å²) in [7, 11) is 1.57. The van der Waals surface area contributed by atoms with Crippen LogP contribution in [0.25, 0.3) is 0 Å². The van der Waals surface area contributed by atoms with Crippen molar-refractivity contribution >= 4 is 5.91 Å². The third kappa shape index (κ3) is 1.64. The lowest BCUT2D eigenvalue weighted by molar-refractivity contribution is 0.0704. The molecule has 0 aromatic heterocycles. The van der Waals surface area contributed by atoms with Gasteiger partial charge in [-0.25, -0.2) is 0 Å². The maximum absolute atomic E-state index is 12.1. The topological polar surface area (TPSA) is 53.3 Å². The number of methoxy groups -OCH3 is 1. The molecule has 1 atom stereocenters. The van der Waals surface area contributed by atoms with Crippen LogP contribution in [0.4, 0.5) is 0 Å². The standard InChI is InChI=1S/C13H14N2O2/c1-8(2)15-12(7-14)11-6-9(17-3)4-5-10(11)13(15)16/h4-6,8,12H,1-3H3. The molecule has 1 unspecified atom stereocenters. The molecule has 2 rings (SSSR count). The molecule has 0 radical (unpaired) electrons. The number of nitrogens with zero attached hydrogens (tertiary/aromatic N) is 2. The first-order valence-electron chi connectivity index (χ1n) is 5.50. The second kappa shape index (κ2) is 4.10. The Morgan fingerprint density at radius 3 is 2.71 bits per heavy atom. The van der Waals surface area contributed by atoms with Crippen molar-refractivity contribution in [2.45, 2.75) is 25.9 Å². The van der Waals surface area contributed by atoms with Gasteiger partial charge in [-0.2, -0.15) is 5.26 Å². The second-order valence-corrected chi connectivity index (χ2v) is 4.29. The highest BCUT2D eigenvalue weighted by atomic mass is 16.5. The summed E-state index contributed by atoms with van der Waals surface area (Å²) in [5.74, 6) is 0.589. The third-order valence-electron chi connectivity index (χ3n) is 2.98. The second-order valence-electron chi connectivity index (χ2n) is 4.29. The van der Waals surface area contributed by atoms with Gasteiger partial charge in [-0.3, -0.25) is 4.79 Å². The molecule has 88 valence electrons. The van der Waals surface area contributed by atoms with Gasteiger partial charge in [0, 0.05) is 17.2 Å². The number of fused-ring (bicyclic) bond motifs is 1. The fourth-order valence-corrected chi connectivity index (χ4v) is 2.16. The van der Waals surface area contributed by atoms with E-state index in [2.05, 4.69) is 6.07 Å². The summed E-state index contributed by atoms with van der Waals surface area (Å²) < 4.78 is 5.12. The number of rotatable bonds is 2. The maximum atomic E-state index is 12.1. The van der Waals surface area contributed by atoms with Gasteiger partial charge in [0.1, 0.15) is 11.8 Å². The number of carbonyl (C=O) groups excluding carboxylic acids is 1. The fraction of sp³-hybridized carbons (Fsp3) is 0.385. The van der Waals surface area contributed by atoms with Crippen LogP contribution in [0.3, 0.4) is 0 Å². The van der Waals surface area contributed by atoms with E-state index < -0.39 is 6.04 Å². The van der Waals surface area contributed by atoms with Gasteiger partial charge in [-0.1, -0.05) is 0 Å². The molecule has 0 bridgehead atoms. The van der Waals surface area contributed by atoms with Crippen molar-refractivity contribution in [3.8, 4) is 11.8 Å². The predicted molar refractivity (Wildman–Crippen MR) is 62.7 cm³/mol. The summed E-state index contributed by atoms with van der Waals surface area (Å²) in [5.41, 5.74) is 1.34. The average molecular weight is 230 g/mol. The number of hydrogen-bond acceptors (Lipinski definition) is 3. The third-order valence-corrected chi connectivity index (χ3v) is 2.98. The highest BCUT2D eigenvalue weighted by molar-refractivity contribution is 6.00. The zero-order valence-corrected chi connectivity index (χ0v) is 10.1. The predicted octanol–water partition coefficient (Wildman–Crippen LogP) is 2.12. The van der Waals surface area contributed by atoms with Crippen molar-refractivity contribution in [3.05, 3.63) is 29.3 Å². The van der Waals surface area contributed by atoms with Crippen molar-refractivity contribution in [3.63, 3.8) is 0 Å². The van der Waals surface area contributed by atoms with Crippen molar-refractivity contribution in [1.29, 1.82) is 5.26 Å². The molecule has 1 aliphatic rings. The average Bonchev–Trinajstić information content (AvgIpc) is 2.61.